The van der Waals surface area contributed by atoms with Crippen LogP contribution in [-0.4, -0.2) is 52.7 Å². The minimum atomic E-state index is 0.483. The van der Waals surface area contributed by atoms with Gasteiger partial charge in [0.05, 0.1) is 6.54 Å². The van der Waals surface area contributed by atoms with Crippen LogP contribution in [0, 0.1) is 5.41 Å². The molecule has 0 N–H and O–H groups in total. The van der Waals surface area contributed by atoms with Crippen LogP contribution in [0.2, 0.25) is 5.02 Å². The highest BCUT2D eigenvalue weighted by atomic mass is 35.5. The Kier molecular flexibility index (Phi) is 4.80. The number of benzene rings is 1. The summed E-state index contributed by atoms with van der Waals surface area (Å²) in [5.74, 6) is 1.42. The van der Waals surface area contributed by atoms with E-state index < -0.39 is 0 Å². The molecule has 1 spiro atoms. The van der Waals surface area contributed by atoms with Gasteiger partial charge in [0.15, 0.2) is 5.82 Å². The summed E-state index contributed by atoms with van der Waals surface area (Å²) < 4.78 is 5.48. The molecule has 0 amide bonds. The van der Waals surface area contributed by atoms with E-state index in [0.717, 1.165) is 36.8 Å². The van der Waals surface area contributed by atoms with E-state index >= 15 is 0 Å². The number of likely N-dealkylation sites (tertiary alicyclic amines) is 2. The lowest BCUT2D eigenvalue weighted by Gasteiger charge is -2.24. The second-order valence-electron chi connectivity index (χ2n) is 7.45. The van der Waals surface area contributed by atoms with Gasteiger partial charge in [-0.15, -0.1) is 0 Å². The summed E-state index contributed by atoms with van der Waals surface area (Å²) in [5, 5.41) is 4.88. The van der Waals surface area contributed by atoms with Crippen molar-refractivity contribution in [1.82, 2.24) is 19.9 Å². The fourth-order valence-electron chi connectivity index (χ4n) is 4.22. The molecule has 3 heterocycles. The maximum Gasteiger partial charge on any atom is 0.240 e. The molecule has 0 bridgehead atoms. The van der Waals surface area contributed by atoms with Crippen LogP contribution < -0.4 is 0 Å². The zero-order valence-corrected chi connectivity index (χ0v) is 15.5. The molecule has 2 fully saturated rings. The first-order chi connectivity index (χ1) is 12.2. The summed E-state index contributed by atoms with van der Waals surface area (Å²) in [4.78, 5) is 9.60. The largest absolute Gasteiger partial charge is 0.338 e. The molecule has 1 aromatic heterocycles. The van der Waals surface area contributed by atoms with Gasteiger partial charge in [-0.3, -0.25) is 4.90 Å². The standard InChI is InChI=1S/C19H25ClN4O/c1-2-23-9-7-19(13-23)8-10-24(14-19)12-18-21-17(22-25-18)11-15-5-3-4-6-16(15)20/h3-6H,2,7-14H2,1H3. The molecule has 5 nitrogen and oxygen atoms in total. The third-order valence-corrected chi connectivity index (χ3v) is 6.03. The molecule has 25 heavy (non-hydrogen) atoms. The van der Waals surface area contributed by atoms with Crippen molar-refractivity contribution in [2.45, 2.75) is 32.7 Å². The Morgan fingerprint density at radius 1 is 1.16 bits per heavy atom. The van der Waals surface area contributed by atoms with Crippen molar-refractivity contribution < 1.29 is 4.52 Å². The smallest absolute Gasteiger partial charge is 0.240 e. The van der Waals surface area contributed by atoms with Crippen molar-refractivity contribution in [3.8, 4) is 0 Å². The van der Waals surface area contributed by atoms with Crippen LogP contribution in [0.3, 0.4) is 0 Å². The van der Waals surface area contributed by atoms with E-state index in [4.69, 9.17) is 16.1 Å². The number of nitrogens with zero attached hydrogens (tertiary/aromatic N) is 4. The average Bonchev–Trinajstić information content (AvgIpc) is 3.32. The zero-order valence-electron chi connectivity index (χ0n) is 14.7. The van der Waals surface area contributed by atoms with E-state index in [1.165, 1.54) is 25.9 Å². The Bertz CT molecular complexity index is 734. The first-order valence-electron chi connectivity index (χ1n) is 9.15. The summed E-state index contributed by atoms with van der Waals surface area (Å²) in [6, 6.07) is 7.80. The van der Waals surface area contributed by atoms with Gasteiger partial charge in [0, 0.05) is 24.5 Å². The summed E-state index contributed by atoms with van der Waals surface area (Å²) in [6.45, 7) is 8.92. The van der Waals surface area contributed by atoms with E-state index in [2.05, 4.69) is 26.9 Å². The molecule has 1 atom stereocenters. The zero-order chi connectivity index (χ0) is 17.3. The molecular formula is C19H25ClN4O. The Morgan fingerprint density at radius 2 is 1.92 bits per heavy atom. The van der Waals surface area contributed by atoms with Crippen molar-refractivity contribution in [2.24, 2.45) is 5.41 Å². The lowest BCUT2D eigenvalue weighted by atomic mass is 9.86. The van der Waals surface area contributed by atoms with Crippen LogP contribution in [0.15, 0.2) is 28.8 Å². The Labute approximate surface area is 153 Å². The van der Waals surface area contributed by atoms with Crippen molar-refractivity contribution in [1.29, 1.82) is 0 Å². The lowest BCUT2D eigenvalue weighted by molar-refractivity contribution is 0.221. The van der Waals surface area contributed by atoms with Gasteiger partial charge in [-0.05, 0) is 49.5 Å². The normalized spacial score (nSPS) is 24.6. The van der Waals surface area contributed by atoms with E-state index in [1.54, 1.807) is 0 Å². The fraction of sp³-hybridized carbons (Fsp3) is 0.579. The van der Waals surface area contributed by atoms with Crippen LogP contribution in [-0.2, 0) is 13.0 Å². The molecular weight excluding hydrogens is 336 g/mol. The molecule has 1 unspecified atom stereocenters. The fourth-order valence-corrected chi connectivity index (χ4v) is 4.43. The first kappa shape index (κ1) is 17.0. The van der Waals surface area contributed by atoms with Gasteiger partial charge < -0.3 is 9.42 Å². The second kappa shape index (κ2) is 7.06. The minimum absolute atomic E-state index is 0.483. The molecule has 1 aromatic carbocycles. The molecule has 0 radical (unpaired) electrons. The van der Waals surface area contributed by atoms with E-state index in [0.29, 0.717) is 23.6 Å². The molecule has 0 aliphatic carbocycles. The van der Waals surface area contributed by atoms with Crippen LogP contribution >= 0.6 is 11.6 Å². The first-order valence-corrected chi connectivity index (χ1v) is 9.53. The summed E-state index contributed by atoms with van der Waals surface area (Å²) in [7, 11) is 0. The van der Waals surface area contributed by atoms with E-state index in [-0.39, 0.29) is 0 Å². The molecule has 134 valence electrons. The van der Waals surface area contributed by atoms with Crippen molar-refractivity contribution in [2.75, 3.05) is 32.7 Å². The quantitative estimate of drug-likeness (QED) is 0.819. The highest BCUT2D eigenvalue weighted by molar-refractivity contribution is 6.31. The van der Waals surface area contributed by atoms with Crippen LogP contribution in [0.5, 0.6) is 0 Å². The molecule has 6 heteroatoms. The van der Waals surface area contributed by atoms with Gasteiger partial charge in [-0.25, -0.2) is 0 Å². The maximum absolute atomic E-state index is 6.21. The number of halogens is 1. The van der Waals surface area contributed by atoms with Gasteiger partial charge in [-0.2, -0.15) is 4.98 Å². The van der Waals surface area contributed by atoms with Gasteiger partial charge in [-0.1, -0.05) is 41.9 Å². The van der Waals surface area contributed by atoms with E-state index in [1.807, 2.05) is 24.3 Å². The van der Waals surface area contributed by atoms with Gasteiger partial charge in [0.1, 0.15) is 0 Å². The second-order valence-corrected chi connectivity index (χ2v) is 7.86. The number of rotatable bonds is 5. The molecule has 2 aliphatic rings. The third kappa shape index (κ3) is 3.73. The molecule has 0 saturated carbocycles. The van der Waals surface area contributed by atoms with Crippen LogP contribution in [0.4, 0.5) is 0 Å². The van der Waals surface area contributed by atoms with Crippen molar-refractivity contribution in [3.05, 3.63) is 46.6 Å². The average molecular weight is 361 g/mol. The summed E-state index contributed by atoms with van der Waals surface area (Å²) in [6.07, 6.45) is 3.21. The molecule has 4 rings (SSSR count). The number of hydrogen-bond acceptors (Lipinski definition) is 5. The highest BCUT2D eigenvalue weighted by Gasteiger charge is 2.43. The molecule has 2 saturated heterocycles. The predicted octanol–water partition coefficient (Wildman–Crippen LogP) is 3.23. The molecule has 2 aromatic rings. The predicted molar refractivity (Wildman–Crippen MR) is 97.6 cm³/mol. The number of aromatic nitrogens is 2. The van der Waals surface area contributed by atoms with Crippen LogP contribution in [0.1, 0.15) is 37.0 Å². The Hall–Kier alpha value is -1.43. The highest BCUT2D eigenvalue weighted by Crippen LogP contribution is 2.39. The monoisotopic (exact) mass is 360 g/mol. The summed E-state index contributed by atoms with van der Waals surface area (Å²) >= 11 is 6.21. The summed E-state index contributed by atoms with van der Waals surface area (Å²) in [5.41, 5.74) is 1.51. The Balaban J connectivity index is 1.35. The van der Waals surface area contributed by atoms with E-state index in [9.17, 15) is 0 Å². The third-order valence-electron chi connectivity index (χ3n) is 5.66. The van der Waals surface area contributed by atoms with Gasteiger partial charge in [0.2, 0.25) is 5.89 Å². The SMILES string of the molecule is CCN1CCC2(CCN(Cc3nc(Cc4ccccc4Cl)no3)C2)C1. The number of hydrogen-bond donors (Lipinski definition) is 0. The van der Waals surface area contributed by atoms with Crippen molar-refractivity contribution >= 4 is 11.6 Å². The van der Waals surface area contributed by atoms with Crippen molar-refractivity contribution in [3.63, 3.8) is 0 Å². The van der Waals surface area contributed by atoms with Gasteiger partial charge >= 0.3 is 0 Å². The lowest BCUT2D eigenvalue weighted by Crippen LogP contribution is -2.30. The van der Waals surface area contributed by atoms with Gasteiger partial charge in [0.25, 0.3) is 0 Å². The van der Waals surface area contributed by atoms with Crippen LogP contribution in [0.25, 0.3) is 0 Å². The minimum Gasteiger partial charge on any atom is -0.338 e. The molecule has 2 aliphatic heterocycles. The Morgan fingerprint density at radius 3 is 2.68 bits per heavy atom. The maximum atomic E-state index is 6.21. The topological polar surface area (TPSA) is 45.4 Å².